The summed E-state index contributed by atoms with van der Waals surface area (Å²) in [6, 6.07) is 18.3. The molecule has 144 valence electrons. The second-order valence-corrected chi connectivity index (χ2v) is 7.64. The van der Waals surface area contributed by atoms with Crippen LogP contribution < -0.4 is 4.90 Å². The summed E-state index contributed by atoms with van der Waals surface area (Å²) >= 11 is 1.37. The largest absolute Gasteiger partial charge is 0.368 e. The summed E-state index contributed by atoms with van der Waals surface area (Å²) in [6.45, 7) is 5.20. The number of rotatable bonds is 5. The van der Waals surface area contributed by atoms with Gasteiger partial charge >= 0.3 is 0 Å². The van der Waals surface area contributed by atoms with E-state index in [0.717, 1.165) is 31.9 Å². The molecule has 1 aromatic heterocycles. The van der Waals surface area contributed by atoms with Crippen LogP contribution in [0.15, 0.2) is 59.8 Å². The Morgan fingerprint density at radius 2 is 1.68 bits per heavy atom. The van der Waals surface area contributed by atoms with Crippen LogP contribution in [0.3, 0.4) is 0 Å². The second-order valence-electron chi connectivity index (χ2n) is 6.70. The zero-order chi connectivity index (χ0) is 19.3. The number of carbonyl (C=O) groups is 1. The molecule has 0 aliphatic carbocycles. The highest BCUT2D eigenvalue weighted by atomic mass is 32.2. The third-order valence-corrected chi connectivity index (χ3v) is 5.70. The molecule has 1 amide bonds. The first-order chi connectivity index (χ1) is 13.7. The first-order valence-electron chi connectivity index (χ1n) is 9.27. The molecule has 0 spiro atoms. The van der Waals surface area contributed by atoms with E-state index < -0.39 is 0 Å². The Labute approximate surface area is 168 Å². The number of amides is 1. The molecular formula is C20H22N6OS. The summed E-state index contributed by atoms with van der Waals surface area (Å²) in [7, 11) is 0. The SMILES string of the molecule is Cc1ccc(-n2nnnc2SCC(=O)N2CCN(c3ccccc3)CC2)cc1. The molecule has 2 aromatic carbocycles. The van der Waals surface area contributed by atoms with Gasteiger partial charge in [0.15, 0.2) is 0 Å². The number of hydrogen-bond donors (Lipinski definition) is 0. The maximum absolute atomic E-state index is 12.6. The molecule has 28 heavy (non-hydrogen) atoms. The lowest BCUT2D eigenvalue weighted by Gasteiger charge is -2.36. The van der Waals surface area contributed by atoms with Crippen molar-refractivity contribution in [1.82, 2.24) is 25.1 Å². The second kappa shape index (κ2) is 8.43. The normalized spacial score (nSPS) is 14.3. The molecule has 2 heterocycles. The minimum Gasteiger partial charge on any atom is -0.368 e. The van der Waals surface area contributed by atoms with E-state index >= 15 is 0 Å². The van der Waals surface area contributed by atoms with Gasteiger partial charge in [-0.05, 0) is 41.6 Å². The fourth-order valence-electron chi connectivity index (χ4n) is 3.19. The number of carbonyl (C=O) groups excluding carboxylic acids is 1. The van der Waals surface area contributed by atoms with E-state index in [4.69, 9.17) is 0 Å². The number of nitrogens with zero attached hydrogens (tertiary/aromatic N) is 6. The van der Waals surface area contributed by atoms with Gasteiger partial charge < -0.3 is 9.80 Å². The molecule has 1 aliphatic rings. The van der Waals surface area contributed by atoms with Crippen LogP contribution in [0, 0.1) is 6.92 Å². The van der Waals surface area contributed by atoms with E-state index in [1.807, 2.05) is 54.3 Å². The van der Waals surface area contributed by atoms with Crippen molar-refractivity contribution >= 4 is 23.4 Å². The van der Waals surface area contributed by atoms with Crippen LogP contribution in [0.1, 0.15) is 5.56 Å². The van der Waals surface area contributed by atoms with Crippen LogP contribution in [-0.2, 0) is 4.79 Å². The molecule has 7 nitrogen and oxygen atoms in total. The summed E-state index contributed by atoms with van der Waals surface area (Å²) < 4.78 is 1.67. The van der Waals surface area contributed by atoms with Gasteiger partial charge in [0.25, 0.3) is 0 Å². The molecular weight excluding hydrogens is 372 g/mol. The molecule has 0 atom stereocenters. The Morgan fingerprint density at radius 3 is 2.39 bits per heavy atom. The lowest BCUT2D eigenvalue weighted by Crippen LogP contribution is -2.49. The molecule has 1 saturated heterocycles. The van der Waals surface area contributed by atoms with E-state index in [-0.39, 0.29) is 5.91 Å². The average molecular weight is 395 g/mol. The Balaban J connectivity index is 1.32. The molecule has 0 radical (unpaired) electrons. The number of thioether (sulfide) groups is 1. The minimum absolute atomic E-state index is 0.121. The van der Waals surface area contributed by atoms with Gasteiger partial charge in [0.05, 0.1) is 11.4 Å². The smallest absolute Gasteiger partial charge is 0.233 e. The first kappa shape index (κ1) is 18.5. The van der Waals surface area contributed by atoms with Crippen LogP contribution >= 0.6 is 11.8 Å². The number of piperazine rings is 1. The molecule has 4 rings (SSSR count). The summed E-state index contributed by atoms with van der Waals surface area (Å²) in [6.07, 6.45) is 0. The van der Waals surface area contributed by atoms with Gasteiger partial charge in [-0.25, -0.2) is 0 Å². The highest BCUT2D eigenvalue weighted by Crippen LogP contribution is 2.20. The highest BCUT2D eigenvalue weighted by molar-refractivity contribution is 7.99. The van der Waals surface area contributed by atoms with Crippen molar-refractivity contribution in [3.05, 3.63) is 60.2 Å². The van der Waals surface area contributed by atoms with Gasteiger partial charge in [0.1, 0.15) is 0 Å². The molecule has 3 aromatic rings. The predicted octanol–water partition coefficient (Wildman–Crippen LogP) is 2.41. The van der Waals surface area contributed by atoms with E-state index in [0.29, 0.717) is 10.9 Å². The van der Waals surface area contributed by atoms with Crippen molar-refractivity contribution in [1.29, 1.82) is 0 Å². The van der Waals surface area contributed by atoms with Crippen LogP contribution in [0.2, 0.25) is 0 Å². The fraction of sp³-hybridized carbons (Fsp3) is 0.300. The Morgan fingerprint density at radius 1 is 0.964 bits per heavy atom. The van der Waals surface area contributed by atoms with Crippen molar-refractivity contribution in [2.24, 2.45) is 0 Å². The van der Waals surface area contributed by atoms with Gasteiger partial charge in [0, 0.05) is 31.9 Å². The minimum atomic E-state index is 0.121. The van der Waals surface area contributed by atoms with E-state index in [2.05, 4.69) is 32.6 Å². The predicted molar refractivity (Wildman–Crippen MR) is 110 cm³/mol. The molecule has 1 aliphatic heterocycles. The van der Waals surface area contributed by atoms with Crippen LogP contribution in [0.5, 0.6) is 0 Å². The Hall–Kier alpha value is -2.87. The third kappa shape index (κ3) is 4.17. The quantitative estimate of drug-likeness (QED) is 0.619. The summed E-state index contributed by atoms with van der Waals surface area (Å²) in [4.78, 5) is 16.9. The van der Waals surface area contributed by atoms with E-state index in [1.54, 1.807) is 4.68 Å². The van der Waals surface area contributed by atoms with Crippen molar-refractivity contribution in [3.8, 4) is 5.69 Å². The number of para-hydroxylation sites is 1. The number of hydrogen-bond acceptors (Lipinski definition) is 6. The van der Waals surface area contributed by atoms with Crippen LogP contribution in [0.25, 0.3) is 5.69 Å². The van der Waals surface area contributed by atoms with Crippen molar-refractivity contribution in [3.63, 3.8) is 0 Å². The molecule has 0 saturated carbocycles. The zero-order valence-electron chi connectivity index (χ0n) is 15.7. The Kier molecular flexibility index (Phi) is 5.57. The van der Waals surface area contributed by atoms with Crippen molar-refractivity contribution in [2.75, 3.05) is 36.8 Å². The summed E-state index contributed by atoms with van der Waals surface area (Å²) in [5, 5.41) is 12.5. The van der Waals surface area contributed by atoms with Gasteiger partial charge in [-0.1, -0.05) is 47.7 Å². The Bertz CT molecular complexity index is 919. The van der Waals surface area contributed by atoms with Gasteiger partial charge in [-0.3, -0.25) is 4.79 Å². The fourth-order valence-corrected chi connectivity index (χ4v) is 3.98. The number of aryl methyl sites for hydroxylation is 1. The zero-order valence-corrected chi connectivity index (χ0v) is 16.5. The topological polar surface area (TPSA) is 67.2 Å². The standard InChI is InChI=1S/C20H22N6OS/c1-16-7-9-18(10-8-16)26-20(21-22-23-26)28-15-19(27)25-13-11-24(12-14-25)17-5-3-2-4-6-17/h2-10H,11-15H2,1H3. The molecule has 0 unspecified atom stereocenters. The molecule has 8 heteroatoms. The van der Waals surface area contributed by atoms with Gasteiger partial charge in [0.2, 0.25) is 11.1 Å². The molecule has 1 fully saturated rings. The van der Waals surface area contributed by atoms with Crippen molar-refractivity contribution in [2.45, 2.75) is 12.1 Å². The van der Waals surface area contributed by atoms with Crippen molar-refractivity contribution < 1.29 is 4.79 Å². The lowest BCUT2D eigenvalue weighted by atomic mass is 10.2. The van der Waals surface area contributed by atoms with Crippen LogP contribution in [0.4, 0.5) is 5.69 Å². The maximum atomic E-state index is 12.6. The first-order valence-corrected chi connectivity index (χ1v) is 10.3. The van der Waals surface area contributed by atoms with Gasteiger partial charge in [-0.15, -0.1) is 5.10 Å². The number of aromatic nitrogens is 4. The number of benzene rings is 2. The maximum Gasteiger partial charge on any atom is 0.233 e. The number of anilines is 1. The number of tetrazole rings is 1. The van der Waals surface area contributed by atoms with E-state index in [1.165, 1.54) is 23.0 Å². The molecule has 0 bridgehead atoms. The van der Waals surface area contributed by atoms with Gasteiger partial charge in [-0.2, -0.15) is 4.68 Å². The van der Waals surface area contributed by atoms with Crippen LogP contribution in [-0.4, -0.2) is 62.9 Å². The monoisotopic (exact) mass is 394 g/mol. The third-order valence-electron chi connectivity index (χ3n) is 4.80. The average Bonchev–Trinajstić information content (AvgIpc) is 3.22. The summed E-state index contributed by atoms with van der Waals surface area (Å²) in [5.41, 5.74) is 3.28. The lowest BCUT2D eigenvalue weighted by molar-refractivity contribution is -0.128. The highest BCUT2D eigenvalue weighted by Gasteiger charge is 2.22. The summed E-state index contributed by atoms with van der Waals surface area (Å²) in [5.74, 6) is 0.452. The van der Waals surface area contributed by atoms with E-state index in [9.17, 15) is 4.79 Å². The molecule has 0 N–H and O–H groups in total.